The summed E-state index contributed by atoms with van der Waals surface area (Å²) in [6.45, 7) is 8.11. The van der Waals surface area contributed by atoms with Crippen LogP contribution in [0.5, 0.6) is 0 Å². The lowest BCUT2D eigenvalue weighted by molar-refractivity contribution is 0.627. The molecule has 1 aromatic heterocycles. The van der Waals surface area contributed by atoms with Crippen LogP contribution in [0.4, 0.5) is 42.9 Å². The summed E-state index contributed by atoms with van der Waals surface area (Å²) in [5, 5.41) is 1.90. The Labute approximate surface area is 481 Å². The molecular formula is C78H52F2N2O. The molecule has 2 aliphatic carbocycles. The van der Waals surface area contributed by atoms with Crippen LogP contribution >= 0.6 is 0 Å². The van der Waals surface area contributed by atoms with Crippen molar-refractivity contribution in [3.63, 3.8) is 0 Å². The van der Waals surface area contributed by atoms with E-state index in [-0.39, 0.29) is 11.6 Å². The predicted molar refractivity (Wildman–Crippen MR) is 338 cm³/mol. The third-order valence-electron chi connectivity index (χ3n) is 17.3. The topological polar surface area (TPSA) is 19.6 Å². The van der Waals surface area contributed by atoms with Gasteiger partial charge in [0.1, 0.15) is 22.8 Å². The summed E-state index contributed by atoms with van der Waals surface area (Å²) in [4.78, 5) is 4.37. The molecule has 394 valence electrons. The normalized spacial score (nSPS) is 15.5. The summed E-state index contributed by atoms with van der Waals surface area (Å²) in [6.07, 6.45) is 3.76. The van der Waals surface area contributed by atoms with Crippen LogP contribution in [0.25, 0.3) is 56.3 Å². The summed E-state index contributed by atoms with van der Waals surface area (Å²) in [5.41, 5.74) is 21.2. The van der Waals surface area contributed by atoms with Gasteiger partial charge >= 0.3 is 0 Å². The van der Waals surface area contributed by atoms with Crippen molar-refractivity contribution >= 4 is 68.2 Å². The van der Waals surface area contributed by atoms with Gasteiger partial charge in [0.05, 0.1) is 10.8 Å². The first kappa shape index (κ1) is 49.4. The highest BCUT2D eigenvalue weighted by molar-refractivity contribution is 6.07. The maximum atomic E-state index is 14.9. The van der Waals surface area contributed by atoms with Crippen LogP contribution in [0, 0.1) is 11.6 Å². The van der Waals surface area contributed by atoms with E-state index in [0.29, 0.717) is 11.2 Å². The summed E-state index contributed by atoms with van der Waals surface area (Å²) in [7, 11) is 0. The number of anilines is 6. The summed E-state index contributed by atoms with van der Waals surface area (Å²) in [5.74, 6) is -0.636. The zero-order valence-electron chi connectivity index (χ0n) is 45.2. The number of fused-ring (bicyclic) bond motifs is 9. The molecule has 3 nitrogen and oxygen atoms in total. The summed E-state index contributed by atoms with van der Waals surface area (Å²) < 4.78 is 36.8. The third-order valence-corrected chi connectivity index (χ3v) is 17.3. The fourth-order valence-corrected chi connectivity index (χ4v) is 13.6. The van der Waals surface area contributed by atoms with Crippen molar-refractivity contribution in [2.75, 3.05) is 9.80 Å². The maximum absolute atomic E-state index is 14.9. The molecule has 83 heavy (non-hydrogen) atoms. The van der Waals surface area contributed by atoms with Gasteiger partial charge < -0.3 is 14.2 Å². The minimum atomic E-state index is -0.660. The van der Waals surface area contributed by atoms with E-state index in [1.165, 1.54) is 46.5 Å². The van der Waals surface area contributed by atoms with Gasteiger partial charge in [-0.3, -0.25) is 0 Å². The second-order valence-electron chi connectivity index (χ2n) is 21.5. The third kappa shape index (κ3) is 7.69. The molecule has 0 saturated carbocycles. The Bertz CT molecular complexity index is 4370. The average Bonchev–Trinajstić information content (AvgIpc) is 2.38. The van der Waals surface area contributed by atoms with Crippen molar-refractivity contribution in [3.8, 4) is 22.3 Å². The van der Waals surface area contributed by atoms with Crippen LogP contribution in [-0.2, 0) is 10.8 Å². The van der Waals surface area contributed by atoms with Crippen molar-refractivity contribution in [1.29, 1.82) is 0 Å². The zero-order chi connectivity index (χ0) is 55.8. The largest absolute Gasteiger partial charge is 0.456 e. The Balaban J connectivity index is 0.882. The lowest BCUT2D eigenvalue weighted by Crippen LogP contribution is -2.28. The van der Waals surface area contributed by atoms with E-state index in [0.717, 1.165) is 101 Å². The van der Waals surface area contributed by atoms with Gasteiger partial charge in [0.15, 0.2) is 0 Å². The highest BCUT2D eigenvalue weighted by atomic mass is 19.1. The quantitative estimate of drug-likeness (QED) is 0.122. The van der Waals surface area contributed by atoms with Crippen LogP contribution in [0.15, 0.2) is 297 Å². The van der Waals surface area contributed by atoms with Gasteiger partial charge in [0.25, 0.3) is 0 Å². The summed E-state index contributed by atoms with van der Waals surface area (Å²) >= 11 is 0. The van der Waals surface area contributed by atoms with Crippen LogP contribution < -0.4 is 9.80 Å². The first-order chi connectivity index (χ1) is 40.8. The van der Waals surface area contributed by atoms with Crippen molar-refractivity contribution < 1.29 is 13.2 Å². The zero-order valence-corrected chi connectivity index (χ0v) is 45.2. The highest BCUT2D eigenvalue weighted by Gasteiger charge is 2.48. The van der Waals surface area contributed by atoms with Gasteiger partial charge in [-0.1, -0.05) is 195 Å². The van der Waals surface area contributed by atoms with Gasteiger partial charge in [-0.2, -0.15) is 0 Å². The van der Waals surface area contributed by atoms with Crippen molar-refractivity contribution in [2.24, 2.45) is 0 Å². The molecule has 0 bridgehead atoms. The van der Waals surface area contributed by atoms with E-state index in [1.54, 1.807) is 0 Å². The Morgan fingerprint density at radius 2 is 0.627 bits per heavy atom. The predicted octanol–water partition coefficient (Wildman–Crippen LogP) is 20.8. The first-order valence-electron chi connectivity index (χ1n) is 28.0. The fraction of sp³-hybridized carbons (Fsp3) is 0.0256. The van der Waals surface area contributed by atoms with Crippen LogP contribution in [-0.4, -0.2) is 0 Å². The van der Waals surface area contributed by atoms with E-state index in [4.69, 9.17) is 4.42 Å². The van der Waals surface area contributed by atoms with E-state index in [2.05, 4.69) is 253 Å². The molecule has 0 fully saturated rings. The second-order valence-corrected chi connectivity index (χ2v) is 21.5. The lowest BCUT2D eigenvalue weighted by atomic mass is 9.67. The van der Waals surface area contributed by atoms with Gasteiger partial charge in [0.2, 0.25) is 0 Å². The molecular weight excluding hydrogens is 1020 g/mol. The van der Waals surface area contributed by atoms with Crippen molar-refractivity contribution in [1.82, 2.24) is 0 Å². The Kier molecular flexibility index (Phi) is 11.7. The molecule has 1 heterocycles. The molecule has 2 unspecified atom stereocenters. The summed E-state index contributed by atoms with van der Waals surface area (Å²) in [6, 6.07) is 95.8. The number of benzene rings is 12. The molecule has 0 aliphatic heterocycles. The molecule has 0 amide bonds. The van der Waals surface area contributed by atoms with Crippen molar-refractivity contribution in [2.45, 2.75) is 10.8 Å². The van der Waals surface area contributed by atoms with E-state index < -0.39 is 10.8 Å². The van der Waals surface area contributed by atoms with Gasteiger partial charge in [-0.05, 0) is 175 Å². The van der Waals surface area contributed by atoms with E-state index in [1.807, 2.05) is 36.4 Å². The Hall–Kier alpha value is -10.6. The number of halogens is 2. The lowest BCUT2D eigenvalue weighted by Gasteiger charge is -2.35. The molecule has 5 heteroatoms. The molecule has 2 atom stereocenters. The number of hydrogen-bond acceptors (Lipinski definition) is 3. The standard InChI is InChI=1S/C78H52F2N2O/c1-3-51-23-27-55(28-24-51)77(53-15-7-5-8-16-53)71-21-13-11-19-65(71)67-43-39-61(47-73(67)77)81(59-35-31-57(79)32-36-59)63-41-45-69-70-46-42-64(50-76(70)83-75(69)49-63)82(60-37-33-58(80)34-38-60)62-40-44-68-66-20-12-14-22-72(66)78(74(68)48-62,54-17-9-6-10-18-54)56-29-25-52(4-2)26-30-56/h3-50H,1-2H2. The molecule has 0 saturated heterocycles. The highest BCUT2D eigenvalue weighted by Crippen LogP contribution is 2.59. The Morgan fingerprint density at radius 1 is 0.301 bits per heavy atom. The van der Waals surface area contributed by atoms with Gasteiger partial charge in [0, 0.05) is 57.0 Å². The molecule has 13 aromatic rings. The van der Waals surface area contributed by atoms with E-state index >= 15 is 0 Å². The molecule has 2 aliphatic rings. The number of rotatable bonds is 12. The molecule has 0 spiro atoms. The second kappa shape index (κ2) is 19.6. The monoisotopic (exact) mass is 1070 g/mol. The van der Waals surface area contributed by atoms with Crippen LogP contribution in [0.3, 0.4) is 0 Å². The molecule has 0 radical (unpaired) electrons. The SMILES string of the molecule is C=Cc1ccc(C2(c3ccccc3)c3ccccc3-c3ccc(N(c4ccc(F)cc4)c4ccc5c(c4)oc4cc(N(c6ccc(F)cc6)c6ccc7c(c6)C(c6ccccc6)(c6ccc(C=C)cc6)c6ccccc6-7)ccc45)cc32)cc1. The average molecular weight is 1070 g/mol. The molecule has 0 N–H and O–H groups in total. The fourth-order valence-electron chi connectivity index (χ4n) is 13.6. The Morgan fingerprint density at radius 3 is 1.02 bits per heavy atom. The number of hydrogen-bond donors (Lipinski definition) is 0. The smallest absolute Gasteiger partial charge is 0.137 e. The minimum absolute atomic E-state index is 0.318. The van der Waals surface area contributed by atoms with Crippen LogP contribution in [0.2, 0.25) is 0 Å². The molecule has 12 aromatic carbocycles. The first-order valence-corrected chi connectivity index (χ1v) is 28.0. The van der Waals surface area contributed by atoms with Crippen molar-refractivity contribution in [3.05, 3.63) is 359 Å². The number of nitrogens with zero attached hydrogens (tertiary/aromatic N) is 2. The van der Waals surface area contributed by atoms with Gasteiger partial charge in [-0.15, -0.1) is 0 Å². The van der Waals surface area contributed by atoms with Crippen LogP contribution in [0.1, 0.15) is 55.6 Å². The molecule has 15 rings (SSSR count). The minimum Gasteiger partial charge on any atom is -0.456 e. The van der Waals surface area contributed by atoms with Gasteiger partial charge in [-0.25, -0.2) is 8.78 Å². The maximum Gasteiger partial charge on any atom is 0.137 e. The number of furan rings is 1. The van der Waals surface area contributed by atoms with E-state index in [9.17, 15) is 8.78 Å².